The van der Waals surface area contributed by atoms with E-state index in [0.717, 1.165) is 12.1 Å². The highest BCUT2D eigenvalue weighted by Gasteiger charge is 2.32. The molecule has 1 aromatic rings. The molecule has 1 atom stereocenters. The molecule has 1 aliphatic rings. The minimum absolute atomic E-state index is 0.254. The van der Waals surface area contributed by atoms with Crippen molar-refractivity contribution in [1.29, 1.82) is 0 Å². The molecule has 0 aliphatic carbocycles. The molecule has 88 valence electrons. The number of alkyl halides is 3. The zero-order valence-electron chi connectivity index (χ0n) is 8.14. The van der Waals surface area contributed by atoms with Crippen molar-refractivity contribution in [3.63, 3.8) is 0 Å². The van der Waals surface area contributed by atoms with E-state index < -0.39 is 17.6 Å². The van der Waals surface area contributed by atoms with E-state index in [1.165, 1.54) is 0 Å². The molecule has 1 aliphatic heterocycles. The van der Waals surface area contributed by atoms with E-state index in [-0.39, 0.29) is 11.6 Å². The van der Waals surface area contributed by atoms with Crippen LogP contribution >= 0.6 is 0 Å². The van der Waals surface area contributed by atoms with Gasteiger partial charge < -0.3 is 4.84 Å². The van der Waals surface area contributed by atoms with Gasteiger partial charge in [-0.3, -0.25) is 0 Å². The Morgan fingerprint density at radius 3 is 2.56 bits per heavy atom. The van der Waals surface area contributed by atoms with E-state index in [1.54, 1.807) is 0 Å². The maximum absolute atomic E-state index is 13.0. The molecule has 2 nitrogen and oxygen atoms in total. The molecule has 0 aromatic heterocycles. The number of hydrogen-bond donors (Lipinski definition) is 1. The standard InChI is InChI=1S/C10H9F4NO/c11-8-4-6(9-1-2-16-15-9)3-7(5-8)10(12,13)14/h3-5,9,15H,1-2H2. The van der Waals surface area contributed by atoms with Gasteiger partial charge in [0.05, 0.1) is 18.2 Å². The maximum Gasteiger partial charge on any atom is 0.416 e. The number of rotatable bonds is 1. The summed E-state index contributed by atoms with van der Waals surface area (Å²) in [5, 5.41) is 0. The summed E-state index contributed by atoms with van der Waals surface area (Å²) >= 11 is 0. The predicted octanol–water partition coefficient (Wildman–Crippen LogP) is 2.81. The topological polar surface area (TPSA) is 21.3 Å². The van der Waals surface area contributed by atoms with E-state index in [0.29, 0.717) is 19.1 Å². The van der Waals surface area contributed by atoms with Crippen LogP contribution < -0.4 is 5.48 Å². The highest BCUT2D eigenvalue weighted by atomic mass is 19.4. The second-order valence-electron chi connectivity index (χ2n) is 3.58. The van der Waals surface area contributed by atoms with E-state index in [4.69, 9.17) is 4.84 Å². The Hall–Kier alpha value is -1.14. The van der Waals surface area contributed by atoms with Crippen molar-refractivity contribution in [1.82, 2.24) is 5.48 Å². The minimum Gasteiger partial charge on any atom is -0.301 e. The van der Waals surface area contributed by atoms with Crippen molar-refractivity contribution in [3.8, 4) is 0 Å². The average molecular weight is 235 g/mol. The molecule has 1 unspecified atom stereocenters. The molecule has 6 heteroatoms. The Labute approximate surface area is 89.2 Å². The molecule has 1 saturated heterocycles. The molecule has 2 rings (SSSR count). The third-order valence-corrected chi connectivity index (χ3v) is 2.38. The van der Waals surface area contributed by atoms with Gasteiger partial charge in [-0.1, -0.05) is 0 Å². The molecule has 16 heavy (non-hydrogen) atoms. The molecule has 0 saturated carbocycles. The smallest absolute Gasteiger partial charge is 0.301 e. The maximum atomic E-state index is 13.0. The first-order valence-electron chi connectivity index (χ1n) is 4.72. The summed E-state index contributed by atoms with van der Waals surface area (Å²) in [4.78, 5) is 4.82. The number of benzene rings is 1. The molecule has 1 fully saturated rings. The van der Waals surface area contributed by atoms with E-state index >= 15 is 0 Å². The van der Waals surface area contributed by atoms with Crippen molar-refractivity contribution >= 4 is 0 Å². The van der Waals surface area contributed by atoms with Crippen LogP contribution in [-0.2, 0) is 11.0 Å². The summed E-state index contributed by atoms with van der Waals surface area (Å²) in [6.07, 6.45) is -4.00. The van der Waals surface area contributed by atoms with Gasteiger partial charge in [0.1, 0.15) is 5.82 Å². The van der Waals surface area contributed by atoms with Gasteiger partial charge in [-0.05, 0) is 30.2 Å². The van der Waals surface area contributed by atoms with Gasteiger partial charge in [0.2, 0.25) is 0 Å². The Morgan fingerprint density at radius 2 is 2.00 bits per heavy atom. The lowest BCUT2D eigenvalue weighted by Crippen LogP contribution is -2.14. The summed E-state index contributed by atoms with van der Waals surface area (Å²) in [6.45, 7) is 0.405. The van der Waals surface area contributed by atoms with Crippen LogP contribution in [0.4, 0.5) is 17.6 Å². The van der Waals surface area contributed by atoms with E-state index in [1.807, 2.05) is 0 Å². The fourth-order valence-corrected chi connectivity index (χ4v) is 1.61. The first-order chi connectivity index (χ1) is 7.47. The van der Waals surface area contributed by atoms with Crippen LogP contribution in [0.15, 0.2) is 18.2 Å². The van der Waals surface area contributed by atoms with E-state index in [9.17, 15) is 17.6 Å². The number of halogens is 4. The lowest BCUT2D eigenvalue weighted by Gasteiger charge is -2.13. The molecular formula is C10H9F4NO. The quantitative estimate of drug-likeness (QED) is 0.756. The number of hydroxylamine groups is 1. The van der Waals surface area contributed by atoms with Crippen LogP contribution in [0, 0.1) is 5.82 Å². The Bertz CT molecular complexity index is 385. The highest BCUT2D eigenvalue weighted by Crippen LogP contribution is 2.32. The van der Waals surface area contributed by atoms with Crippen LogP contribution in [0.1, 0.15) is 23.6 Å². The second kappa shape index (κ2) is 4.03. The predicted molar refractivity (Wildman–Crippen MR) is 47.8 cm³/mol. The largest absolute Gasteiger partial charge is 0.416 e. The molecule has 1 aromatic carbocycles. The van der Waals surface area contributed by atoms with Gasteiger partial charge in [-0.2, -0.15) is 18.7 Å². The van der Waals surface area contributed by atoms with Crippen LogP contribution in [0.3, 0.4) is 0 Å². The first-order valence-corrected chi connectivity index (χ1v) is 4.72. The zero-order chi connectivity index (χ0) is 11.8. The fraction of sp³-hybridized carbons (Fsp3) is 0.400. The highest BCUT2D eigenvalue weighted by molar-refractivity contribution is 5.29. The SMILES string of the molecule is Fc1cc(C2CCON2)cc(C(F)(F)F)c1. The van der Waals surface area contributed by atoms with Crippen LogP contribution in [0.25, 0.3) is 0 Å². The summed E-state index contributed by atoms with van der Waals surface area (Å²) in [5.74, 6) is -0.890. The van der Waals surface area contributed by atoms with Crippen molar-refractivity contribution in [2.45, 2.75) is 18.6 Å². The average Bonchev–Trinajstić information content (AvgIpc) is 2.68. The van der Waals surface area contributed by atoms with Crippen LogP contribution in [0.2, 0.25) is 0 Å². The minimum atomic E-state index is -4.53. The molecule has 0 bridgehead atoms. The third-order valence-electron chi connectivity index (χ3n) is 2.38. The Balaban J connectivity index is 2.35. The monoisotopic (exact) mass is 235 g/mol. The molecule has 0 spiro atoms. The fourth-order valence-electron chi connectivity index (χ4n) is 1.61. The molecule has 1 heterocycles. The Morgan fingerprint density at radius 1 is 1.25 bits per heavy atom. The van der Waals surface area contributed by atoms with E-state index in [2.05, 4.69) is 5.48 Å². The lowest BCUT2D eigenvalue weighted by atomic mass is 10.0. The zero-order valence-corrected chi connectivity index (χ0v) is 8.14. The van der Waals surface area contributed by atoms with Gasteiger partial charge in [-0.15, -0.1) is 0 Å². The van der Waals surface area contributed by atoms with Crippen molar-refractivity contribution in [3.05, 3.63) is 35.1 Å². The van der Waals surface area contributed by atoms with Crippen molar-refractivity contribution in [2.75, 3.05) is 6.61 Å². The molecule has 1 N–H and O–H groups in total. The van der Waals surface area contributed by atoms with Crippen molar-refractivity contribution < 1.29 is 22.4 Å². The summed E-state index contributed by atoms with van der Waals surface area (Å²) in [5.41, 5.74) is 1.82. The van der Waals surface area contributed by atoms with Gasteiger partial charge in [-0.25, -0.2) is 4.39 Å². The number of hydrogen-bond acceptors (Lipinski definition) is 2. The van der Waals surface area contributed by atoms with Crippen molar-refractivity contribution in [2.24, 2.45) is 0 Å². The first kappa shape index (κ1) is 11.3. The van der Waals surface area contributed by atoms with Gasteiger partial charge in [0.15, 0.2) is 0 Å². The molecular weight excluding hydrogens is 226 g/mol. The van der Waals surface area contributed by atoms with Gasteiger partial charge in [0, 0.05) is 0 Å². The molecule has 0 amide bonds. The second-order valence-corrected chi connectivity index (χ2v) is 3.58. The normalized spacial score (nSPS) is 21.4. The van der Waals surface area contributed by atoms with Crippen LogP contribution in [0.5, 0.6) is 0 Å². The number of nitrogens with one attached hydrogen (secondary N) is 1. The summed E-state index contributed by atoms with van der Waals surface area (Å²) < 4.78 is 50.3. The van der Waals surface area contributed by atoms with Gasteiger partial charge >= 0.3 is 6.18 Å². The van der Waals surface area contributed by atoms with Crippen LogP contribution in [-0.4, -0.2) is 6.61 Å². The molecule has 0 radical (unpaired) electrons. The van der Waals surface area contributed by atoms with Gasteiger partial charge in [0.25, 0.3) is 0 Å². The third kappa shape index (κ3) is 2.33. The lowest BCUT2D eigenvalue weighted by molar-refractivity contribution is -0.137. The Kier molecular flexibility index (Phi) is 2.86. The summed E-state index contributed by atoms with van der Waals surface area (Å²) in [6, 6.07) is 2.13. The summed E-state index contributed by atoms with van der Waals surface area (Å²) in [7, 11) is 0.